The van der Waals surface area contributed by atoms with Gasteiger partial charge in [0, 0.05) is 19.1 Å². The monoisotopic (exact) mass is 282 g/mol. The van der Waals surface area contributed by atoms with E-state index in [1.807, 2.05) is 0 Å². The van der Waals surface area contributed by atoms with Crippen molar-refractivity contribution >= 4 is 0 Å². The first-order valence-electron chi connectivity index (χ1n) is 8.71. The standard InChI is InChI=1S/C17H34N2O/c1-14(2)12-19(16-7-3-4-8-16)11-9-15-6-5-10-17(15,20)13-18/h14-16,20H,3-13,18H2,1-2H3. The minimum Gasteiger partial charge on any atom is -0.388 e. The van der Waals surface area contributed by atoms with Crippen LogP contribution < -0.4 is 5.73 Å². The molecule has 2 aliphatic carbocycles. The Morgan fingerprint density at radius 1 is 1.20 bits per heavy atom. The highest BCUT2D eigenvalue weighted by molar-refractivity contribution is 4.93. The molecule has 0 aromatic carbocycles. The molecule has 0 aromatic heterocycles. The number of hydrogen-bond acceptors (Lipinski definition) is 3. The summed E-state index contributed by atoms with van der Waals surface area (Å²) in [5, 5.41) is 10.6. The molecule has 2 fully saturated rings. The van der Waals surface area contributed by atoms with E-state index in [9.17, 15) is 5.11 Å². The third-order valence-electron chi connectivity index (χ3n) is 5.48. The van der Waals surface area contributed by atoms with Gasteiger partial charge in [0.2, 0.25) is 0 Å². The van der Waals surface area contributed by atoms with Crippen LogP contribution in [0.1, 0.15) is 65.2 Å². The van der Waals surface area contributed by atoms with Crippen molar-refractivity contribution in [2.75, 3.05) is 19.6 Å². The van der Waals surface area contributed by atoms with E-state index in [0.717, 1.165) is 44.2 Å². The van der Waals surface area contributed by atoms with Crippen LogP contribution in [0.25, 0.3) is 0 Å². The van der Waals surface area contributed by atoms with E-state index in [1.54, 1.807) is 0 Å². The van der Waals surface area contributed by atoms with Crippen LogP contribution in [0.4, 0.5) is 0 Å². The smallest absolute Gasteiger partial charge is 0.0797 e. The average molecular weight is 282 g/mol. The Bertz CT molecular complexity index is 289. The van der Waals surface area contributed by atoms with Crippen molar-refractivity contribution in [2.45, 2.75) is 76.9 Å². The van der Waals surface area contributed by atoms with Gasteiger partial charge in [0.1, 0.15) is 0 Å². The summed E-state index contributed by atoms with van der Waals surface area (Å²) in [5.41, 5.74) is 5.23. The first-order valence-corrected chi connectivity index (χ1v) is 8.71. The molecule has 2 rings (SSSR count). The molecular weight excluding hydrogens is 248 g/mol. The maximum atomic E-state index is 10.6. The Morgan fingerprint density at radius 2 is 1.90 bits per heavy atom. The van der Waals surface area contributed by atoms with Crippen molar-refractivity contribution in [1.82, 2.24) is 4.90 Å². The fourth-order valence-corrected chi connectivity index (χ4v) is 4.29. The molecule has 0 spiro atoms. The van der Waals surface area contributed by atoms with Crippen molar-refractivity contribution in [3.05, 3.63) is 0 Å². The number of nitrogens with two attached hydrogens (primary N) is 1. The van der Waals surface area contributed by atoms with Crippen LogP contribution in [0.15, 0.2) is 0 Å². The molecule has 0 saturated heterocycles. The van der Waals surface area contributed by atoms with E-state index in [0.29, 0.717) is 12.5 Å². The zero-order chi connectivity index (χ0) is 14.6. The molecule has 3 N–H and O–H groups in total. The lowest BCUT2D eigenvalue weighted by Gasteiger charge is -2.34. The third-order valence-corrected chi connectivity index (χ3v) is 5.48. The average Bonchev–Trinajstić information content (AvgIpc) is 3.04. The van der Waals surface area contributed by atoms with Gasteiger partial charge < -0.3 is 15.7 Å². The van der Waals surface area contributed by atoms with Gasteiger partial charge in [-0.25, -0.2) is 0 Å². The molecule has 0 aromatic rings. The fourth-order valence-electron chi connectivity index (χ4n) is 4.29. The summed E-state index contributed by atoms with van der Waals surface area (Å²) < 4.78 is 0. The minimum absolute atomic E-state index is 0.420. The van der Waals surface area contributed by atoms with Crippen LogP contribution in [-0.4, -0.2) is 41.3 Å². The van der Waals surface area contributed by atoms with E-state index in [2.05, 4.69) is 18.7 Å². The van der Waals surface area contributed by atoms with E-state index in [-0.39, 0.29) is 0 Å². The van der Waals surface area contributed by atoms with E-state index < -0.39 is 5.60 Å². The Morgan fingerprint density at radius 3 is 2.50 bits per heavy atom. The summed E-state index contributed by atoms with van der Waals surface area (Å²) in [5.74, 6) is 1.15. The predicted molar refractivity (Wildman–Crippen MR) is 84.6 cm³/mol. The summed E-state index contributed by atoms with van der Waals surface area (Å²) in [4.78, 5) is 2.70. The van der Waals surface area contributed by atoms with Gasteiger partial charge in [0.25, 0.3) is 0 Å². The second kappa shape index (κ2) is 7.24. The normalized spacial score (nSPS) is 31.8. The topological polar surface area (TPSA) is 49.5 Å². The molecule has 0 radical (unpaired) electrons. The Labute approximate surface area is 124 Å². The number of nitrogens with zero attached hydrogens (tertiary/aromatic N) is 1. The lowest BCUT2D eigenvalue weighted by molar-refractivity contribution is 0.00242. The quantitative estimate of drug-likeness (QED) is 0.755. The van der Waals surface area contributed by atoms with Crippen LogP contribution in [0.2, 0.25) is 0 Å². The molecule has 3 heteroatoms. The van der Waals surface area contributed by atoms with Crippen molar-refractivity contribution in [2.24, 2.45) is 17.6 Å². The van der Waals surface area contributed by atoms with E-state index in [1.165, 1.54) is 32.2 Å². The van der Waals surface area contributed by atoms with Crippen LogP contribution >= 0.6 is 0 Å². The number of aliphatic hydroxyl groups is 1. The van der Waals surface area contributed by atoms with E-state index in [4.69, 9.17) is 5.73 Å². The highest BCUT2D eigenvalue weighted by atomic mass is 16.3. The highest BCUT2D eigenvalue weighted by Gasteiger charge is 2.39. The SMILES string of the molecule is CC(C)CN(CCC1CCCC1(O)CN)C1CCCC1. The van der Waals surface area contributed by atoms with Gasteiger partial charge in [0.15, 0.2) is 0 Å². The molecule has 0 bridgehead atoms. The van der Waals surface area contributed by atoms with Crippen molar-refractivity contribution in [1.29, 1.82) is 0 Å². The van der Waals surface area contributed by atoms with Gasteiger partial charge >= 0.3 is 0 Å². The fraction of sp³-hybridized carbons (Fsp3) is 1.00. The largest absolute Gasteiger partial charge is 0.388 e. The Hall–Kier alpha value is -0.120. The first-order chi connectivity index (χ1) is 9.55. The summed E-state index contributed by atoms with van der Waals surface area (Å²) in [7, 11) is 0. The van der Waals surface area contributed by atoms with Gasteiger partial charge in [-0.3, -0.25) is 0 Å². The summed E-state index contributed by atoms with van der Waals surface area (Å²) in [6.45, 7) is 7.42. The second-order valence-electron chi connectivity index (χ2n) is 7.51. The lowest BCUT2D eigenvalue weighted by Crippen LogP contribution is -2.44. The van der Waals surface area contributed by atoms with Gasteiger partial charge in [-0.05, 0) is 50.5 Å². The number of rotatable bonds is 7. The molecule has 2 unspecified atom stereocenters. The molecule has 0 heterocycles. The van der Waals surface area contributed by atoms with Gasteiger partial charge in [0.05, 0.1) is 5.60 Å². The van der Waals surface area contributed by atoms with Crippen LogP contribution in [0.5, 0.6) is 0 Å². The molecule has 2 aliphatic rings. The molecule has 0 aliphatic heterocycles. The van der Waals surface area contributed by atoms with Gasteiger partial charge in [-0.1, -0.05) is 33.1 Å². The highest BCUT2D eigenvalue weighted by Crippen LogP contribution is 2.37. The maximum Gasteiger partial charge on any atom is 0.0797 e. The Kier molecular flexibility index (Phi) is 5.88. The summed E-state index contributed by atoms with van der Waals surface area (Å²) >= 11 is 0. The zero-order valence-corrected chi connectivity index (χ0v) is 13.5. The summed E-state index contributed by atoms with van der Waals surface area (Å²) in [6, 6.07) is 0.796. The number of hydrogen-bond donors (Lipinski definition) is 2. The molecule has 20 heavy (non-hydrogen) atoms. The lowest BCUT2D eigenvalue weighted by atomic mass is 9.88. The van der Waals surface area contributed by atoms with Crippen molar-refractivity contribution in [3.63, 3.8) is 0 Å². The van der Waals surface area contributed by atoms with Crippen LogP contribution in [0, 0.1) is 11.8 Å². The second-order valence-corrected chi connectivity index (χ2v) is 7.51. The molecule has 0 amide bonds. The van der Waals surface area contributed by atoms with Crippen molar-refractivity contribution < 1.29 is 5.11 Å². The Balaban J connectivity index is 1.87. The van der Waals surface area contributed by atoms with Crippen LogP contribution in [0.3, 0.4) is 0 Å². The maximum absolute atomic E-state index is 10.6. The first kappa shape index (κ1) is 16.3. The molecule has 2 atom stereocenters. The molecule has 2 saturated carbocycles. The van der Waals surface area contributed by atoms with Gasteiger partial charge in [-0.2, -0.15) is 0 Å². The molecular formula is C17H34N2O. The summed E-state index contributed by atoms with van der Waals surface area (Å²) in [6.07, 6.45) is 9.88. The van der Waals surface area contributed by atoms with E-state index >= 15 is 0 Å². The van der Waals surface area contributed by atoms with Crippen molar-refractivity contribution in [3.8, 4) is 0 Å². The van der Waals surface area contributed by atoms with Gasteiger partial charge in [-0.15, -0.1) is 0 Å². The predicted octanol–water partition coefficient (Wildman–Crippen LogP) is 2.77. The minimum atomic E-state index is -0.570. The molecule has 118 valence electrons. The van der Waals surface area contributed by atoms with Crippen LogP contribution in [-0.2, 0) is 0 Å². The third kappa shape index (κ3) is 3.96. The molecule has 3 nitrogen and oxygen atoms in total. The zero-order valence-electron chi connectivity index (χ0n) is 13.5.